The molecule has 1 fully saturated rings. The van der Waals surface area contributed by atoms with Crippen molar-refractivity contribution in [1.29, 1.82) is 0 Å². The summed E-state index contributed by atoms with van der Waals surface area (Å²) in [7, 11) is 0. The van der Waals surface area contributed by atoms with Gasteiger partial charge in [-0.05, 0) is 55.9 Å². The van der Waals surface area contributed by atoms with Crippen LogP contribution < -0.4 is 15.0 Å². The number of aryl methyl sites for hydroxylation is 1. The average molecular weight is 389 g/mol. The van der Waals surface area contributed by atoms with Gasteiger partial charge < -0.3 is 10.1 Å². The second-order valence-electron chi connectivity index (χ2n) is 6.29. The van der Waals surface area contributed by atoms with Crippen LogP contribution in [0.15, 0.2) is 46.9 Å². The van der Waals surface area contributed by atoms with E-state index in [1.54, 1.807) is 0 Å². The van der Waals surface area contributed by atoms with Gasteiger partial charge in [-0.2, -0.15) is 0 Å². The molecule has 2 aromatic rings. The number of nitrogens with zero attached hydrogens (tertiary/aromatic N) is 1. The maximum Gasteiger partial charge on any atom is 0.188 e. The number of rotatable bonds is 1. The Kier molecular flexibility index (Phi) is 3.39. The van der Waals surface area contributed by atoms with Gasteiger partial charge in [-0.25, -0.2) is 0 Å². The van der Waals surface area contributed by atoms with Crippen molar-refractivity contribution in [3.63, 3.8) is 0 Å². The van der Waals surface area contributed by atoms with Gasteiger partial charge in [0.15, 0.2) is 10.8 Å². The minimum Gasteiger partial charge on any atom is -0.467 e. The third kappa shape index (κ3) is 2.34. The van der Waals surface area contributed by atoms with E-state index in [4.69, 9.17) is 17.0 Å². The number of anilines is 1. The maximum absolute atomic E-state index is 6.38. The molecule has 2 bridgehead atoms. The van der Waals surface area contributed by atoms with E-state index in [0.29, 0.717) is 5.11 Å². The topological polar surface area (TPSA) is 24.5 Å². The SMILES string of the molecule is Cc1cc(N2C(=S)N[C@H]3C[C@@]2(C)Oc2ccccc23)ccc1Br. The van der Waals surface area contributed by atoms with E-state index >= 15 is 0 Å². The molecule has 0 saturated carbocycles. The summed E-state index contributed by atoms with van der Waals surface area (Å²) in [5.41, 5.74) is 2.91. The Morgan fingerprint density at radius 3 is 2.87 bits per heavy atom. The molecule has 3 nitrogen and oxygen atoms in total. The lowest BCUT2D eigenvalue weighted by atomic mass is 9.90. The molecular formula is C18H17BrN2OS. The Morgan fingerprint density at radius 1 is 1.30 bits per heavy atom. The maximum atomic E-state index is 6.38. The van der Waals surface area contributed by atoms with Crippen molar-refractivity contribution in [1.82, 2.24) is 5.32 Å². The molecule has 0 aliphatic carbocycles. The Hall–Kier alpha value is -1.59. The Labute approximate surface area is 149 Å². The van der Waals surface area contributed by atoms with Crippen LogP contribution in [0.3, 0.4) is 0 Å². The van der Waals surface area contributed by atoms with E-state index in [9.17, 15) is 0 Å². The standard InChI is InChI=1S/C18H17BrN2OS/c1-11-9-12(7-8-14(11)19)21-17(23)20-15-10-18(21,2)22-16-6-4-3-5-13(15)16/h3-9,15H,10H2,1-2H3,(H,20,23)/t15-,18+/m0/s1. The summed E-state index contributed by atoms with van der Waals surface area (Å²) in [6, 6.07) is 14.6. The number of nitrogens with one attached hydrogen (secondary N) is 1. The highest BCUT2D eigenvalue weighted by molar-refractivity contribution is 9.10. The summed E-state index contributed by atoms with van der Waals surface area (Å²) in [6.07, 6.45) is 0.846. The lowest BCUT2D eigenvalue weighted by Gasteiger charge is -2.52. The fourth-order valence-electron chi connectivity index (χ4n) is 3.48. The van der Waals surface area contributed by atoms with Crippen LogP contribution in [0.4, 0.5) is 5.69 Å². The minimum absolute atomic E-state index is 0.199. The zero-order chi connectivity index (χ0) is 16.2. The monoisotopic (exact) mass is 388 g/mol. The molecule has 0 radical (unpaired) electrons. The number of fused-ring (bicyclic) bond motifs is 4. The highest BCUT2D eigenvalue weighted by Crippen LogP contribution is 2.45. The molecular weight excluding hydrogens is 372 g/mol. The van der Waals surface area contributed by atoms with E-state index in [0.717, 1.165) is 22.3 Å². The van der Waals surface area contributed by atoms with Gasteiger partial charge in [0.25, 0.3) is 0 Å². The van der Waals surface area contributed by atoms with Crippen molar-refractivity contribution < 1.29 is 4.74 Å². The Morgan fingerprint density at radius 2 is 2.09 bits per heavy atom. The van der Waals surface area contributed by atoms with Crippen molar-refractivity contribution in [2.45, 2.75) is 32.0 Å². The summed E-state index contributed by atoms with van der Waals surface area (Å²) in [5.74, 6) is 0.931. The van der Waals surface area contributed by atoms with Gasteiger partial charge in [-0.3, -0.25) is 4.90 Å². The summed E-state index contributed by atoms with van der Waals surface area (Å²) in [6.45, 7) is 4.19. The summed E-state index contributed by atoms with van der Waals surface area (Å²) >= 11 is 9.22. The molecule has 2 atom stereocenters. The quantitative estimate of drug-likeness (QED) is 0.716. The van der Waals surface area contributed by atoms with Crippen LogP contribution in [-0.2, 0) is 0 Å². The third-order valence-corrected chi connectivity index (χ3v) is 5.77. The third-order valence-electron chi connectivity index (χ3n) is 4.58. The molecule has 5 heteroatoms. The zero-order valence-electron chi connectivity index (χ0n) is 13.0. The van der Waals surface area contributed by atoms with Crippen LogP contribution in [-0.4, -0.2) is 10.8 Å². The molecule has 118 valence electrons. The number of para-hydroxylation sites is 1. The first-order valence-corrected chi connectivity index (χ1v) is 8.83. The smallest absolute Gasteiger partial charge is 0.188 e. The number of thiocarbonyl (C=S) groups is 1. The number of halogens is 1. The van der Waals surface area contributed by atoms with E-state index in [1.807, 2.05) is 18.2 Å². The molecule has 1 saturated heterocycles. The minimum atomic E-state index is -0.485. The van der Waals surface area contributed by atoms with Crippen LogP contribution in [0.2, 0.25) is 0 Å². The van der Waals surface area contributed by atoms with E-state index < -0.39 is 5.72 Å². The van der Waals surface area contributed by atoms with E-state index in [1.165, 1.54) is 11.1 Å². The van der Waals surface area contributed by atoms with Gasteiger partial charge in [-0.1, -0.05) is 34.1 Å². The van der Waals surface area contributed by atoms with Gasteiger partial charge in [0.1, 0.15) is 5.75 Å². The average Bonchev–Trinajstić information content (AvgIpc) is 2.50. The van der Waals surface area contributed by atoms with Crippen molar-refractivity contribution in [3.05, 3.63) is 58.1 Å². The van der Waals surface area contributed by atoms with E-state index in [-0.39, 0.29) is 6.04 Å². The predicted octanol–water partition coefficient (Wildman–Crippen LogP) is 4.69. The molecule has 0 unspecified atom stereocenters. The highest BCUT2D eigenvalue weighted by Gasteiger charge is 2.48. The summed E-state index contributed by atoms with van der Waals surface area (Å²) < 4.78 is 7.48. The van der Waals surface area contributed by atoms with Crippen LogP contribution in [0.1, 0.15) is 30.5 Å². The van der Waals surface area contributed by atoms with Gasteiger partial charge in [0.2, 0.25) is 0 Å². The molecule has 0 aromatic heterocycles. The molecule has 2 aliphatic heterocycles. The van der Waals surface area contributed by atoms with Crippen molar-refractivity contribution >= 4 is 38.9 Å². The number of ether oxygens (including phenoxy) is 1. The van der Waals surface area contributed by atoms with Crippen LogP contribution in [0.25, 0.3) is 0 Å². The number of hydrogen-bond donors (Lipinski definition) is 1. The van der Waals surface area contributed by atoms with Crippen LogP contribution in [0, 0.1) is 6.92 Å². The first-order chi connectivity index (χ1) is 11.0. The fourth-order valence-corrected chi connectivity index (χ4v) is 4.17. The number of hydrogen-bond acceptors (Lipinski definition) is 2. The molecule has 2 aromatic carbocycles. The molecule has 4 rings (SSSR count). The molecule has 2 heterocycles. The molecule has 23 heavy (non-hydrogen) atoms. The fraction of sp³-hybridized carbons (Fsp3) is 0.278. The Bertz CT molecular complexity index is 809. The largest absolute Gasteiger partial charge is 0.467 e. The highest BCUT2D eigenvalue weighted by atomic mass is 79.9. The lowest BCUT2D eigenvalue weighted by Crippen LogP contribution is -2.65. The van der Waals surface area contributed by atoms with Gasteiger partial charge in [0.05, 0.1) is 6.04 Å². The van der Waals surface area contributed by atoms with Crippen LogP contribution in [0.5, 0.6) is 5.75 Å². The first kappa shape index (κ1) is 15.0. The van der Waals surface area contributed by atoms with Crippen molar-refractivity contribution in [2.75, 3.05) is 4.90 Å². The van der Waals surface area contributed by atoms with Crippen LogP contribution >= 0.6 is 28.1 Å². The molecule has 0 spiro atoms. The second-order valence-corrected chi connectivity index (χ2v) is 7.53. The summed E-state index contributed by atoms with van der Waals surface area (Å²) in [4.78, 5) is 2.09. The van der Waals surface area contributed by atoms with Gasteiger partial charge in [-0.15, -0.1) is 0 Å². The molecule has 1 N–H and O–H groups in total. The van der Waals surface area contributed by atoms with Crippen molar-refractivity contribution in [3.8, 4) is 5.75 Å². The number of benzene rings is 2. The molecule has 2 aliphatic rings. The molecule has 0 amide bonds. The van der Waals surface area contributed by atoms with Gasteiger partial charge in [0, 0.05) is 22.1 Å². The zero-order valence-corrected chi connectivity index (χ0v) is 15.4. The van der Waals surface area contributed by atoms with E-state index in [2.05, 4.69) is 64.3 Å². The summed E-state index contributed by atoms with van der Waals surface area (Å²) in [5, 5.41) is 4.19. The normalized spacial score (nSPS) is 25.4. The van der Waals surface area contributed by atoms with Crippen molar-refractivity contribution in [2.24, 2.45) is 0 Å². The predicted molar refractivity (Wildman–Crippen MR) is 99.9 cm³/mol. The first-order valence-electron chi connectivity index (χ1n) is 7.63. The second kappa shape index (κ2) is 5.21. The van der Waals surface area contributed by atoms with Gasteiger partial charge >= 0.3 is 0 Å². The Balaban J connectivity index is 1.81. The lowest BCUT2D eigenvalue weighted by molar-refractivity contribution is 0.0498.